The second kappa shape index (κ2) is 5.75. The Bertz CT molecular complexity index is 534. The standard InChI is InChI=1S/C13H14N2O2S/c14-6-5-13-15-11(8-18-13)12(17)7-9-1-3-10(16)4-2-9/h1-4,8,16H,5-7,14H2. The van der Waals surface area contributed by atoms with Gasteiger partial charge >= 0.3 is 0 Å². The lowest BCUT2D eigenvalue weighted by molar-refractivity contribution is 0.0988. The van der Waals surface area contributed by atoms with Crippen LogP contribution in [-0.4, -0.2) is 22.4 Å². The molecule has 5 heteroatoms. The number of phenolic OH excluding ortho intramolecular Hbond substituents is 1. The number of nitrogens with two attached hydrogens (primary N) is 1. The molecule has 2 rings (SSSR count). The van der Waals surface area contributed by atoms with Crippen LogP contribution >= 0.6 is 11.3 Å². The van der Waals surface area contributed by atoms with Gasteiger partial charge in [-0.2, -0.15) is 0 Å². The number of rotatable bonds is 5. The molecule has 0 bridgehead atoms. The molecule has 0 aliphatic carbocycles. The fraction of sp³-hybridized carbons (Fsp3) is 0.231. The predicted octanol–water partition coefficient (Wildman–Crippen LogP) is 1.78. The fourth-order valence-corrected chi connectivity index (χ4v) is 2.39. The molecule has 4 nitrogen and oxygen atoms in total. The number of aromatic hydroxyl groups is 1. The van der Waals surface area contributed by atoms with Crippen molar-refractivity contribution < 1.29 is 9.90 Å². The number of nitrogens with zero attached hydrogens (tertiary/aromatic N) is 1. The van der Waals surface area contributed by atoms with Crippen molar-refractivity contribution in [3.05, 3.63) is 45.9 Å². The molecule has 2 aromatic rings. The minimum Gasteiger partial charge on any atom is -0.508 e. The van der Waals surface area contributed by atoms with Crippen molar-refractivity contribution >= 4 is 17.1 Å². The first-order valence-electron chi connectivity index (χ1n) is 5.64. The van der Waals surface area contributed by atoms with E-state index in [4.69, 9.17) is 10.8 Å². The van der Waals surface area contributed by atoms with Crippen LogP contribution in [0, 0.1) is 0 Å². The van der Waals surface area contributed by atoms with E-state index in [0.29, 0.717) is 25.1 Å². The van der Waals surface area contributed by atoms with Gasteiger partial charge in [0.15, 0.2) is 5.78 Å². The molecule has 1 aromatic carbocycles. The lowest BCUT2D eigenvalue weighted by Gasteiger charge is -1.99. The number of benzene rings is 1. The van der Waals surface area contributed by atoms with Crippen molar-refractivity contribution in [2.45, 2.75) is 12.8 Å². The normalized spacial score (nSPS) is 10.5. The summed E-state index contributed by atoms with van der Waals surface area (Å²) in [6, 6.07) is 6.62. The van der Waals surface area contributed by atoms with Crippen LogP contribution in [0.5, 0.6) is 5.75 Å². The summed E-state index contributed by atoms with van der Waals surface area (Å²) in [7, 11) is 0. The third kappa shape index (κ3) is 3.15. The topological polar surface area (TPSA) is 76.2 Å². The minimum atomic E-state index is -0.0137. The summed E-state index contributed by atoms with van der Waals surface area (Å²) in [5.41, 5.74) is 6.81. The van der Waals surface area contributed by atoms with Crippen molar-refractivity contribution in [1.29, 1.82) is 0 Å². The van der Waals surface area contributed by atoms with Crippen molar-refractivity contribution in [3.8, 4) is 5.75 Å². The summed E-state index contributed by atoms with van der Waals surface area (Å²) in [5.74, 6) is 0.185. The molecule has 0 amide bonds. The average molecular weight is 262 g/mol. The largest absolute Gasteiger partial charge is 0.508 e. The molecule has 0 saturated carbocycles. The van der Waals surface area contributed by atoms with Crippen LogP contribution in [-0.2, 0) is 12.8 Å². The molecule has 1 heterocycles. The summed E-state index contributed by atoms with van der Waals surface area (Å²) < 4.78 is 0. The van der Waals surface area contributed by atoms with Gasteiger partial charge in [0.05, 0.1) is 5.01 Å². The van der Waals surface area contributed by atoms with Crippen LogP contribution in [0.15, 0.2) is 29.6 Å². The Labute approximate surface area is 109 Å². The van der Waals surface area contributed by atoms with Crippen LogP contribution in [0.4, 0.5) is 0 Å². The van der Waals surface area contributed by atoms with Gasteiger partial charge in [-0.15, -0.1) is 11.3 Å². The SMILES string of the molecule is NCCc1nc(C(=O)Cc2ccc(O)cc2)cs1. The number of hydrogen-bond donors (Lipinski definition) is 2. The maximum absolute atomic E-state index is 12.0. The maximum Gasteiger partial charge on any atom is 0.186 e. The number of ketones is 1. The van der Waals surface area contributed by atoms with E-state index < -0.39 is 0 Å². The Balaban J connectivity index is 2.04. The number of carbonyl (C=O) groups is 1. The first kappa shape index (κ1) is 12.7. The summed E-state index contributed by atoms with van der Waals surface area (Å²) in [6.07, 6.45) is 1.00. The highest BCUT2D eigenvalue weighted by Gasteiger charge is 2.11. The van der Waals surface area contributed by atoms with E-state index in [9.17, 15) is 4.79 Å². The number of phenols is 1. The van der Waals surface area contributed by atoms with Gasteiger partial charge in [-0.1, -0.05) is 12.1 Å². The van der Waals surface area contributed by atoms with Crippen molar-refractivity contribution in [2.75, 3.05) is 6.54 Å². The molecule has 0 spiro atoms. The van der Waals surface area contributed by atoms with Crippen molar-refractivity contribution in [3.63, 3.8) is 0 Å². The molecule has 0 fully saturated rings. The molecule has 0 aliphatic rings. The highest BCUT2D eigenvalue weighted by molar-refractivity contribution is 7.09. The molecule has 1 aromatic heterocycles. The van der Waals surface area contributed by atoms with Gasteiger partial charge in [0, 0.05) is 18.2 Å². The highest BCUT2D eigenvalue weighted by atomic mass is 32.1. The van der Waals surface area contributed by atoms with Crippen LogP contribution < -0.4 is 5.73 Å². The van der Waals surface area contributed by atoms with Gasteiger partial charge in [-0.25, -0.2) is 4.98 Å². The Morgan fingerprint density at radius 2 is 2.06 bits per heavy atom. The van der Waals surface area contributed by atoms with E-state index in [0.717, 1.165) is 10.6 Å². The molecule has 0 saturated heterocycles. The molecular weight excluding hydrogens is 248 g/mol. The second-order valence-electron chi connectivity index (χ2n) is 3.93. The van der Waals surface area contributed by atoms with E-state index >= 15 is 0 Å². The Morgan fingerprint density at radius 3 is 2.72 bits per heavy atom. The first-order valence-corrected chi connectivity index (χ1v) is 6.52. The van der Waals surface area contributed by atoms with Crippen LogP contribution in [0.25, 0.3) is 0 Å². The summed E-state index contributed by atoms with van der Waals surface area (Å²) >= 11 is 1.46. The van der Waals surface area contributed by atoms with Crippen molar-refractivity contribution in [1.82, 2.24) is 4.98 Å². The fourth-order valence-electron chi connectivity index (χ4n) is 1.57. The van der Waals surface area contributed by atoms with Crippen LogP contribution in [0.3, 0.4) is 0 Å². The van der Waals surface area contributed by atoms with E-state index in [-0.39, 0.29) is 11.5 Å². The zero-order chi connectivity index (χ0) is 13.0. The zero-order valence-corrected chi connectivity index (χ0v) is 10.6. The number of hydrogen-bond acceptors (Lipinski definition) is 5. The second-order valence-corrected chi connectivity index (χ2v) is 4.87. The Morgan fingerprint density at radius 1 is 1.33 bits per heavy atom. The zero-order valence-electron chi connectivity index (χ0n) is 9.80. The van der Waals surface area contributed by atoms with Gasteiger partial charge in [0.1, 0.15) is 11.4 Å². The van der Waals surface area contributed by atoms with E-state index in [2.05, 4.69) is 4.98 Å². The molecule has 0 radical (unpaired) electrons. The van der Waals surface area contributed by atoms with E-state index in [1.165, 1.54) is 11.3 Å². The van der Waals surface area contributed by atoms with E-state index in [1.54, 1.807) is 29.6 Å². The van der Waals surface area contributed by atoms with Gasteiger partial charge in [0.25, 0.3) is 0 Å². The monoisotopic (exact) mass is 262 g/mol. The lowest BCUT2D eigenvalue weighted by Crippen LogP contribution is -2.06. The third-order valence-corrected chi connectivity index (χ3v) is 3.41. The Kier molecular flexibility index (Phi) is 4.07. The van der Waals surface area contributed by atoms with Gasteiger partial charge in [0.2, 0.25) is 0 Å². The van der Waals surface area contributed by atoms with Crippen LogP contribution in [0.2, 0.25) is 0 Å². The number of thiazole rings is 1. The number of Topliss-reactive ketones (excluding diaryl/α,β-unsaturated/α-hetero) is 1. The molecule has 0 atom stereocenters. The summed E-state index contributed by atoms with van der Waals surface area (Å²) in [4.78, 5) is 16.2. The molecule has 18 heavy (non-hydrogen) atoms. The Hall–Kier alpha value is -1.72. The quantitative estimate of drug-likeness (QED) is 0.805. The maximum atomic E-state index is 12.0. The lowest BCUT2D eigenvalue weighted by atomic mass is 10.1. The van der Waals surface area contributed by atoms with Gasteiger partial charge in [-0.3, -0.25) is 4.79 Å². The molecule has 0 unspecified atom stereocenters. The smallest absolute Gasteiger partial charge is 0.186 e. The summed E-state index contributed by atoms with van der Waals surface area (Å²) in [5, 5.41) is 11.8. The van der Waals surface area contributed by atoms with Gasteiger partial charge < -0.3 is 10.8 Å². The molecule has 94 valence electrons. The first-order chi connectivity index (χ1) is 8.69. The van der Waals surface area contributed by atoms with Gasteiger partial charge in [-0.05, 0) is 24.2 Å². The summed E-state index contributed by atoms with van der Waals surface area (Å²) in [6.45, 7) is 0.541. The molecular formula is C13H14N2O2S. The van der Waals surface area contributed by atoms with Crippen LogP contribution in [0.1, 0.15) is 21.1 Å². The minimum absolute atomic E-state index is 0.0137. The number of carbonyl (C=O) groups excluding carboxylic acids is 1. The van der Waals surface area contributed by atoms with Crippen molar-refractivity contribution in [2.24, 2.45) is 5.73 Å². The molecule has 3 N–H and O–H groups in total. The number of aromatic nitrogens is 1. The third-order valence-electron chi connectivity index (χ3n) is 2.50. The predicted molar refractivity (Wildman–Crippen MR) is 71.0 cm³/mol. The van der Waals surface area contributed by atoms with E-state index in [1.807, 2.05) is 0 Å². The highest BCUT2D eigenvalue weighted by Crippen LogP contribution is 2.15. The average Bonchev–Trinajstić information content (AvgIpc) is 2.81. The molecule has 0 aliphatic heterocycles.